The molecule has 0 unspecified atom stereocenters. The molecule has 0 fully saturated rings. The summed E-state index contributed by atoms with van der Waals surface area (Å²) in [5, 5.41) is 3.58. The van der Waals surface area contributed by atoms with Crippen LogP contribution in [0.3, 0.4) is 0 Å². The minimum Gasteiger partial charge on any atom is -0.362 e. The predicted molar refractivity (Wildman–Crippen MR) is 117 cm³/mol. The second kappa shape index (κ2) is 6.68. The molecule has 1 heterocycles. The third-order valence-corrected chi connectivity index (χ3v) is 6.66. The lowest BCUT2D eigenvalue weighted by Crippen LogP contribution is -2.42. The Labute approximate surface area is 174 Å². The molecule has 1 aromatic carbocycles. The standard InChI is InChI=1S/C26H33NO2/c1-15(2)16-7-9-17(10-8-16)22-23-18(11-25(3,4)13-20(23)28)27-19-12-26(5,6)14-21(29)24(19)22/h7-10,15,22,27H,11-14H2,1-6H3. The van der Waals surface area contributed by atoms with Gasteiger partial charge in [-0.15, -0.1) is 0 Å². The Morgan fingerprint density at radius 1 is 0.793 bits per heavy atom. The van der Waals surface area contributed by atoms with E-state index in [0.717, 1.165) is 40.9 Å². The number of hydrogen-bond acceptors (Lipinski definition) is 3. The summed E-state index contributed by atoms with van der Waals surface area (Å²) in [6.45, 7) is 13.0. The van der Waals surface area contributed by atoms with Gasteiger partial charge in [-0.05, 0) is 40.7 Å². The van der Waals surface area contributed by atoms with Gasteiger partial charge in [0, 0.05) is 41.3 Å². The first-order valence-electron chi connectivity index (χ1n) is 10.9. The fourth-order valence-corrected chi connectivity index (χ4v) is 5.30. The van der Waals surface area contributed by atoms with Gasteiger partial charge in [-0.25, -0.2) is 0 Å². The molecule has 4 rings (SSSR count). The van der Waals surface area contributed by atoms with Crippen molar-refractivity contribution in [3.8, 4) is 0 Å². The van der Waals surface area contributed by atoms with Crippen molar-refractivity contribution in [3.05, 3.63) is 57.9 Å². The summed E-state index contributed by atoms with van der Waals surface area (Å²) in [4.78, 5) is 26.6. The zero-order valence-electron chi connectivity index (χ0n) is 18.6. The minimum absolute atomic E-state index is 0.0543. The first kappa shape index (κ1) is 20.1. The molecule has 0 spiro atoms. The largest absolute Gasteiger partial charge is 0.362 e. The molecule has 0 amide bonds. The SMILES string of the molecule is CC(C)c1ccc(C2C3=C(CC(C)(C)CC3=O)NC3=C2C(=O)CC(C)(C)C3)cc1. The molecule has 29 heavy (non-hydrogen) atoms. The van der Waals surface area contributed by atoms with Crippen molar-refractivity contribution < 1.29 is 9.59 Å². The van der Waals surface area contributed by atoms with Crippen LogP contribution >= 0.6 is 0 Å². The van der Waals surface area contributed by atoms with Crippen LogP contribution in [0.1, 0.15) is 90.2 Å². The first-order chi connectivity index (χ1) is 13.5. The summed E-state index contributed by atoms with van der Waals surface area (Å²) in [7, 11) is 0. The van der Waals surface area contributed by atoms with Crippen molar-refractivity contribution >= 4 is 11.6 Å². The van der Waals surface area contributed by atoms with E-state index in [-0.39, 0.29) is 28.3 Å². The average Bonchev–Trinajstić information content (AvgIpc) is 2.57. The van der Waals surface area contributed by atoms with Crippen LogP contribution in [-0.2, 0) is 9.59 Å². The second-order valence-electron chi connectivity index (χ2n) is 11.0. The maximum atomic E-state index is 13.3. The van der Waals surface area contributed by atoms with Crippen LogP contribution in [-0.4, -0.2) is 11.6 Å². The number of carbonyl (C=O) groups is 2. The smallest absolute Gasteiger partial charge is 0.162 e. The molecule has 0 saturated carbocycles. The molecule has 1 N–H and O–H groups in total. The Morgan fingerprint density at radius 3 is 1.66 bits per heavy atom. The highest BCUT2D eigenvalue weighted by atomic mass is 16.1. The van der Waals surface area contributed by atoms with Gasteiger partial charge < -0.3 is 5.32 Å². The monoisotopic (exact) mass is 391 g/mol. The van der Waals surface area contributed by atoms with E-state index < -0.39 is 0 Å². The van der Waals surface area contributed by atoms with E-state index in [4.69, 9.17) is 0 Å². The van der Waals surface area contributed by atoms with Gasteiger partial charge in [0.25, 0.3) is 0 Å². The third-order valence-electron chi connectivity index (χ3n) is 6.66. The fraction of sp³-hybridized carbons (Fsp3) is 0.538. The van der Waals surface area contributed by atoms with E-state index in [0.29, 0.717) is 18.8 Å². The summed E-state index contributed by atoms with van der Waals surface area (Å²) >= 11 is 0. The molecular formula is C26H33NO2. The summed E-state index contributed by atoms with van der Waals surface area (Å²) < 4.78 is 0. The van der Waals surface area contributed by atoms with Crippen molar-refractivity contribution in [2.45, 2.75) is 79.1 Å². The van der Waals surface area contributed by atoms with Crippen LogP contribution in [0.25, 0.3) is 0 Å². The third kappa shape index (κ3) is 3.60. The molecular weight excluding hydrogens is 358 g/mol. The summed E-state index contributed by atoms with van der Waals surface area (Å²) in [6, 6.07) is 8.55. The van der Waals surface area contributed by atoms with Gasteiger partial charge in [-0.1, -0.05) is 65.8 Å². The van der Waals surface area contributed by atoms with Gasteiger partial charge in [0.05, 0.1) is 0 Å². The van der Waals surface area contributed by atoms with Crippen LogP contribution in [0, 0.1) is 10.8 Å². The van der Waals surface area contributed by atoms with Crippen LogP contribution < -0.4 is 5.32 Å². The van der Waals surface area contributed by atoms with Crippen LogP contribution in [0.4, 0.5) is 0 Å². The van der Waals surface area contributed by atoms with Gasteiger partial charge in [-0.2, -0.15) is 0 Å². The summed E-state index contributed by atoms with van der Waals surface area (Å²) in [5.74, 6) is 0.599. The number of carbonyl (C=O) groups excluding carboxylic acids is 2. The van der Waals surface area contributed by atoms with Gasteiger partial charge in [0.2, 0.25) is 0 Å². The molecule has 0 saturated heterocycles. The quantitative estimate of drug-likeness (QED) is 0.695. The lowest BCUT2D eigenvalue weighted by Gasteiger charge is -2.44. The number of benzene rings is 1. The molecule has 0 atom stereocenters. The maximum absolute atomic E-state index is 13.3. The van der Waals surface area contributed by atoms with Crippen LogP contribution in [0.5, 0.6) is 0 Å². The van der Waals surface area contributed by atoms with Gasteiger partial charge >= 0.3 is 0 Å². The number of rotatable bonds is 2. The Hall–Kier alpha value is -2.16. The Bertz CT molecular complexity index is 889. The van der Waals surface area contributed by atoms with E-state index in [1.807, 2.05) is 0 Å². The maximum Gasteiger partial charge on any atom is 0.162 e. The average molecular weight is 392 g/mol. The molecule has 2 aliphatic carbocycles. The van der Waals surface area contributed by atoms with Crippen LogP contribution in [0.2, 0.25) is 0 Å². The highest BCUT2D eigenvalue weighted by Crippen LogP contribution is 2.50. The number of allylic oxidation sites excluding steroid dienone is 4. The van der Waals surface area contributed by atoms with E-state index in [1.165, 1.54) is 5.56 Å². The summed E-state index contributed by atoms with van der Waals surface area (Å²) in [6.07, 6.45) is 2.77. The topological polar surface area (TPSA) is 46.2 Å². The van der Waals surface area contributed by atoms with Gasteiger partial charge in [-0.3, -0.25) is 9.59 Å². The van der Waals surface area contributed by atoms with Gasteiger partial charge in [0.15, 0.2) is 11.6 Å². The Balaban J connectivity index is 1.87. The van der Waals surface area contributed by atoms with Gasteiger partial charge in [0.1, 0.15) is 0 Å². The zero-order valence-corrected chi connectivity index (χ0v) is 18.6. The normalized spacial score (nSPS) is 23.8. The minimum atomic E-state index is -0.227. The van der Waals surface area contributed by atoms with Crippen molar-refractivity contribution in [1.82, 2.24) is 5.32 Å². The number of nitrogens with one attached hydrogen (secondary N) is 1. The lowest BCUT2D eigenvalue weighted by molar-refractivity contribution is -0.119. The van der Waals surface area contributed by atoms with E-state index in [9.17, 15) is 9.59 Å². The van der Waals surface area contributed by atoms with Crippen molar-refractivity contribution in [3.63, 3.8) is 0 Å². The highest BCUT2D eigenvalue weighted by Gasteiger charge is 2.46. The fourth-order valence-electron chi connectivity index (χ4n) is 5.30. The molecule has 1 aromatic rings. The molecule has 0 aromatic heterocycles. The Morgan fingerprint density at radius 2 is 1.24 bits per heavy atom. The number of ketones is 2. The summed E-state index contributed by atoms with van der Waals surface area (Å²) in [5.41, 5.74) is 5.96. The molecule has 154 valence electrons. The molecule has 3 nitrogen and oxygen atoms in total. The zero-order chi connectivity index (χ0) is 21.1. The van der Waals surface area contributed by atoms with Crippen molar-refractivity contribution in [2.75, 3.05) is 0 Å². The Kier molecular flexibility index (Phi) is 4.64. The number of Topliss-reactive ketones (excluding diaryl/α,β-unsaturated/α-hetero) is 2. The van der Waals surface area contributed by atoms with E-state index in [2.05, 4.69) is 71.1 Å². The molecule has 3 aliphatic rings. The van der Waals surface area contributed by atoms with Crippen LogP contribution in [0.15, 0.2) is 46.8 Å². The molecule has 1 aliphatic heterocycles. The molecule has 0 bridgehead atoms. The molecule has 0 radical (unpaired) electrons. The first-order valence-corrected chi connectivity index (χ1v) is 10.9. The predicted octanol–water partition coefficient (Wildman–Crippen LogP) is 5.78. The van der Waals surface area contributed by atoms with E-state index >= 15 is 0 Å². The second-order valence-corrected chi connectivity index (χ2v) is 11.0. The van der Waals surface area contributed by atoms with Crippen molar-refractivity contribution in [1.29, 1.82) is 0 Å². The number of hydrogen-bond donors (Lipinski definition) is 1. The van der Waals surface area contributed by atoms with Crippen molar-refractivity contribution in [2.24, 2.45) is 10.8 Å². The van der Waals surface area contributed by atoms with E-state index in [1.54, 1.807) is 0 Å². The number of dihydropyridines is 1. The molecule has 3 heteroatoms. The highest BCUT2D eigenvalue weighted by molar-refractivity contribution is 6.06. The lowest BCUT2D eigenvalue weighted by atomic mass is 9.64.